The van der Waals surface area contributed by atoms with E-state index in [0.717, 1.165) is 39.7 Å². The molecule has 5 rings (SSSR count). The molecule has 0 saturated heterocycles. The van der Waals surface area contributed by atoms with Crippen LogP contribution in [0.2, 0.25) is 0 Å². The Morgan fingerprint density at radius 2 is 1.80 bits per heavy atom. The van der Waals surface area contributed by atoms with E-state index in [4.69, 9.17) is 9.94 Å². The first-order chi connectivity index (χ1) is 14.6. The van der Waals surface area contributed by atoms with Crippen molar-refractivity contribution in [3.05, 3.63) is 89.6 Å². The normalized spacial score (nSPS) is 15.8. The molecule has 3 heterocycles. The zero-order chi connectivity index (χ0) is 20.7. The average molecular weight is 399 g/mol. The van der Waals surface area contributed by atoms with Gasteiger partial charge in [0.2, 0.25) is 0 Å². The van der Waals surface area contributed by atoms with Crippen LogP contribution in [0.25, 0.3) is 11.5 Å². The third kappa shape index (κ3) is 3.14. The smallest absolute Gasteiger partial charge is 0.163 e. The molecule has 0 radical (unpaired) electrons. The van der Waals surface area contributed by atoms with Crippen LogP contribution < -0.4 is 0 Å². The first-order valence-electron chi connectivity index (χ1n) is 9.78. The first kappa shape index (κ1) is 18.2. The number of rotatable bonds is 4. The maximum atomic E-state index is 9.55. The molecular formula is C23H21N5O2. The minimum Gasteiger partial charge on any atom is -0.508 e. The van der Waals surface area contributed by atoms with E-state index in [-0.39, 0.29) is 11.9 Å². The van der Waals surface area contributed by atoms with Crippen molar-refractivity contribution in [3.8, 4) is 17.3 Å². The van der Waals surface area contributed by atoms with Crippen LogP contribution in [-0.4, -0.2) is 30.1 Å². The van der Waals surface area contributed by atoms with Crippen LogP contribution >= 0.6 is 0 Å². The Morgan fingerprint density at radius 3 is 2.50 bits per heavy atom. The summed E-state index contributed by atoms with van der Waals surface area (Å²) in [5.74, 6) is 1.12. The molecule has 1 aliphatic rings. The molecule has 1 atom stereocenters. The molecule has 4 aromatic rings. The third-order valence-corrected chi connectivity index (χ3v) is 5.23. The van der Waals surface area contributed by atoms with Crippen molar-refractivity contribution in [2.75, 3.05) is 0 Å². The number of benzene rings is 2. The van der Waals surface area contributed by atoms with Crippen molar-refractivity contribution in [1.82, 2.24) is 19.3 Å². The lowest BCUT2D eigenvalue weighted by atomic mass is 10.00. The fraction of sp³-hybridized carbons (Fsp3) is 0.174. The van der Waals surface area contributed by atoms with Gasteiger partial charge in [-0.1, -0.05) is 23.4 Å². The number of oxime groups is 1. The molecular weight excluding hydrogens is 378 g/mol. The van der Waals surface area contributed by atoms with Gasteiger partial charge in [-0.3, -0.25) is 4.57 Å². The number of aromatic hydroxyl groups is 1. The predicted octanol–water partition coefficient (Wildman–Crippen LogP) is 4.25. The molecule has 0 amide bonds. The Kier molecular flexibility index (Phi) is 4.35. The van der Waals surface area contributed by atoms with Crippen LogP contribution in [0.1, 0.15) is 35.0 Å². The molecule has 2 aromatic heterocycles. The Labute approximate surface area is 173 Å². The van der Waals surface area contributed by atoms with Crippen molar-refractivity contribution in [2.24, 2.45) is 5.16 Å². The van der Waals surface area contributed by atoms with E-state index in [1.807, 2.05) is 71.8 Å². The van der Waals surface area contributed by atoms with Crippen LogP contribution in [0.4, 0.5) is 0 Å². The molecule has 7 nitrogen and oxygen atoms in total. The van der Waals surface area contributed by atoms with Crippen molar-refractivity contribution < 1.29 is 9.94 Å². The Morgan fingerprint density at radius 1 is 1.03 bits per heavy atom. The van der Waals surface area contributed by atoms with E-state index >= 15 is 0 Å². The van der Waals surface area contributed by atoms with E-state index in [9.17, 15) is 5.11 Å². The van der Waals surface area contributed by atoms with E-state index in [2.05, 4.69) is 10.1 Å². The number of hydrogen-bond donors (Lipinski definition) is 1. The minimum absolute atomic E-state index is 0.229. The molecule has 2 aromatic carbocycles. The quantitative estimate of drug-likeness (QED) is 0.557. The summed E-state index contributed by atoms with van der Waals surface area (Å²) in [4.78, 5) is 10.3. The summed E-state index contributed by atoms with van der Waals surface area (Å²) in [7, 11) is 0. The molecule has 1 N–H and O–H groups in total. The summed E-state index contributed by atoms with van der Waals surface area (Å²) in [6.07, 6.45) is 4.14. The highest BCUT2D eigenvalue weighted by Gasteiger charge is 2.32. The zero-order valence-electron chi connectivity index (χ0n) is 16.7. The second-order valence-corrected chi connectivity index (χ2v) is 7.38. The second-order valence-electron chi connectivity index (χ2n) is 7.38. The van der Waals surface area contributed by atoms with Gasteiger partial charge in [0.25, 0.3) is 0 Å². The second kappa shape index (κ2) is 7.18. The van der Waals surface area contributed by atoms with Gasteiger partial charge in [-0.25, -0.2) is 9.67 Å². The number of imidazole rings is 1. The molecule has 0 fully saturated rings. The van der Waals surface area contributed by atoms with Crippen molar-refractivity contribution in [1.29, 1.82) is 0 Å². The number of phenolic OH excluding ortho intramolecular Hbond substituents is 1. The van der Waals surface area contributed by atoms with Gasteiger partial charge in [-0.05, 0) is 55.8 Å². The highest BCUT2D eigenvalue weighted by Crippen LogP contribution is 2.36. The van der Waals surface area contributed by atoms with E-state index < -0.39 is 0 Å². The monoisotopic (exact) mass is 399 g/mol. The summed E-state index contributed by atoms with van der Waals surface area (Å²) in [6.45, 7) is 3.95. The van der Waals surface area contributed by atoms with Gasteiger partial charge in [0.15, 0.2) is 6.10 Å². The number of aromatic nitrogens is 4. The summed E-state index contributed by atoms with van der Waals surface area (Å²) in [6, 6.07) is 17.0. The van der Waals surface area contributed by atoms with E-state index in [0.29, 0.717) is 6.42 Å². The molecule has 0 spiro atoms. The van der Waals surface area contributed by atoms with E-state index in [1.54, 1.807) is 18.5 Å². The van der Waals surface area contributed by atoms with Gasteiger partial charge < -0.3 is 9.94 Å². The van der Waals surface area contributed by atoms with Gasteiger partial charge in [0.1, 0.15) is 17.9 Å². The van der Waals surface area contributed by atoms with E-state index in [1.165, 1.54) is 0 Å². The van der Waals surface area contributed by atoms with Crippen molar-refractivity contribution >= 4 is 5.71 Å². The standard InChI is InChI=1S/C23H21N5O2/c1-15-13-27(14-24-15)23-22(16(2)25-28(23)18-6-4-3-5-7-18)21-12-20(26-30-21)17-8-10-19(29)11-9-17/h3-11,13-14,21,29H,12H2,1-2H3. The average Bonchev–Trinajstić information content (AvgIpc) is 3.47. The molecule has 150 valence electrons. The molecule has 0 saturated carbocycles. The summed E-state index contributed by atoms with van der Waals surface area (Å²) in [5, 5.41) is 18.7. The molecule has 0 aliphatic carbocycles. The van der Waals surface area contributed by atoms with Crippen LogP contribution in [0, 0.1) is 13.8 Å². The minimum atomic E-state index is -0.260. The van der Waals surface area contributed by atoms with Gasteiger partial charge in [0.05, 0.1) is 28.4 Å². The summed E-state index contributed by atoms with van der Waals surface area (Å²) >= 11 is 0. The molecule has 7 heteroatoms. The topological polar surface area (TPSA) is 77.5 Å². The third-order valence-electron chi connectivity index (χ3n) is 5.23. The van der Waals surface area contributed by atoms with Crippen molar-refractivity contribution in [3.63, 3.8) is 0 Å². The number of phenols is 1. The van der Waals surface area contributed by atoms with Gasteiger partial charge in [0, 0.05) is 12.6 Å². The van der Waals surface area contributed by atoms with Gasteiger partial charge in [-0.15, -0.1) is 0 Å². The van der Waals surface area contributed by atoms with Crippen LogP contribution in [0.3, 0.4) is 0 Å². The van der Waals surface area contributed by atoms with Gasteiger partial charge in [-0.2, -0.15) is 5.10 Å². The summed E-state index contributed by atoms with van der Waals surface area (Å²) < 4.78 is 3.91. The fourth-order valence-corrected chi connectivity index (χ4v) is 3.80. The number of nitrogens with zero attached hydrogens (tertiary/aromatic N) is 5. The lowest BCUT2D eigenvalue weighted by Crippen LogP contribution is -2.09. The number of para-hydroxylation sites is 1. The predicted molar refractivity (Wildman–Crippen MR) is 113 cm³/mol. The maximum absolute atomic E-state index is 9.55. The Hall–Kier alpha value is -3.87. The van der Waals surface area contributed by atoms with Crippen LogP contribution in [0.5, 0.6) is 5.75 Å². The zero-order valence-corrected chi connectivity index (χ0v) is 16.7. The highest BCUT2D eigenvalue weighted by molar-refractivity contribution is 6.01. The van der Waals surface area contributed by atoms with Crippen LogP contribution in [-0.2, 0) is 4.84 Å². The lowest BCUT2D eigenvalue weighted by Gasteiger charge is -2.13. The summed E-state index contributed by atoms with van der Waals surface area (Å²) in [5.41, 5.74) is 5.53. The van der Waals surface area contributed by atoms with Crippen molar-refractivity contribution in [2.45, 2.75) is 26.4 Å². The lowest BCUT2D eigenvalue weighted by molar-refractivity contribution is 0.0852. The van der Waals surface area contributed by atoms with Crippen LogP contribution in [0.15, 0.2) is 72.3 Å². The first-order valence-corrected chi connectivity index (χ1v) is 9.78. The Balaban J connectivity index is 1.57. The fourth-order valence-electron chi connectivity index (χ4n) is 3.80. The molecule has 30 heavy (non-hydrogen) atoms. The molecule has 0 bridgehead atoms. The highest BCUT2D eigenvalue weighted by atomic mass is 16.6. The number of hydrogen-bond acceptors (Lipinski definition) is 5. The SMILES string of the molecule is Cc1cn(-c2c(C3CC(c4ccc(O)cc4)=NO3)c(C)nn2-c2ccccc2)cn1. The largest absolute Gasteiger partial charge is 0.508 e. The maximum Gasteiger partial charge on any atom is 0.163 e. The molecule has 1 aliphatic heterocycles. The van der Waals surface area contributed by atoms with Gasteiger partial charge >= 0.3 is 0 Å². The molecule has 1 unspecified atom stereocenters. The number of aryl methyl sites for hydroxylation is 2. The Bertz CT molecular complexity index is 1220.